The molecule has 26 heavy (non-hydrogen) atoms. The Hall–Kier alpha value is -2.12. The van der Waals surface area contributed by atoms with Crippen LogP contribution >= 0.6 is 11.6 Å². The smallest absolute Gasteiger partial charge is 0.325 e. The van der Waals surface area contributed by atoms with Gasteiger partial charge in [0.2, 0.25) is 5.91 Å². The Balaban J connectivity index is 1.75. The van der Waals surface area contributed by atoms with E-state index < -0.39 is 17.5 Å². The van der Waals surface area contributed by atoms with Gasteiger partial charge >= 0.3 is 6.03 Å². The molecule has 0 saturated carbocycles. The number of amides is 4. The van der Waals surface area contributed by atoms with E-state index in [-0.39, 0.29) is 24.7 Å². The first-order valence-corrected chi connectivity index (χ1v) is 8.92. The first-order valence-electron chi connectivity index (χ1n) is 8.54. The van der Waals surface area contributed by atoms with Crippen LogP contribution < -0.4 is 5.32 Å². The highest BCUT2D eigenvalue weighted by molar-refractivity contribution is 6.30. The summed E-state index contributed by atoms with van der Waals surface area (Å²) in [5.74, 6) is -0.719. The van der Waals surface area contributed by atoms with Crippen LogP contribution in [0.4, 0.5) is 4.79 Å². The van der Waals surface area contributed by atoms with Crippen molar-refractivity contribution < 1.29 is 19.1 Å². The third-order valence-corrected chi connectivity index (χ3v) is 5.01. The van der Waals surface area contributed by atoms with E-state index in [0.29, 0.717) is 23.7 Å². The second kappa shape index (κ2) is 6.89. The highest BCUT2D eigenvalue weighted by atomic mass is 35.5. The quantitative estimate of drug-likeness (QED) is 0.811. The summed E-state index contributed by atoms with van der Waals surface area (Å²) in [7, 11) is 0. The zero-order chi connectivity index (χ0) is 19.1. The SMILES string of the molecule is CC1CN(C(=O)CN2C(=O)NC(C)(c3ccc(Cl)cc3)C2=O)CC(C)O1. The second-order valence-corrected chi connectivity index (χ2v) is 7.45. The van der Waals surface area contributed by atoms with Crippen LogP contribution in [0.3, 0.4) is 0 Å². The maximum Gasteiger partial charge on any atom is 0.325 e. The number of halogens is 1. The molecule has 0 radical (unpaired) electrons. The molecule has 2 saturated heterocycles. The lowest BCUT2D eigenvalue weighted by Crippen LogP contribution is -2.52. The molecule has 2 aliphatic heterocycles. The molecule has 1 aromatic carbocycles. The molecule has 3 unspecified atom stereocenters. The Morgan fingerprint density at radius 1 is 1.23 bits per heavy atom. The van der Waals surface area contributed by atoms with E-state index in [9.17, 15) is 14.4 Å². The molecule has 0 aromatic heterocycles. The van der Waals surface area contributed by atoms with Gasteiger partial charge in [0.05, 0.1) is 12.2 Å². The lowest BCUT2D eigenvalue weighted by Gasteiger charge is -2.35. The first kappa shape index (κ1) is 18.7. The van der Waals surface area contributed by atoms with Gasteiger partial charge in [0, 0.05) is 18.1 Å². The minimum Gasteiger partial charge on any atom is -0.372 e. The van der Waals surface area contributed by atoms with Crippen LogP contribution in [0.1, 0.15) is 26.3 Å². The molecule has 2 heterocycles. The number of morpholine rings is 1. The fourth-order valence-corrected chi connectivity index (χ4v) is 3.56. The van der Waals surface area contributed by atoms with Crippen LogP contribution in [-0.4, -0.2) is 59.5 Å². The predicted octanol–water partition coefficient (Wildman–Crippen LogP) is 1.74. The molecule has 1 N–H and O–H groups in total. The standard InChI is InChI=1S/C18H22ClN3O4/c1-11-8-21(9-12(2)26-11)15(23)10-22-16(24)18(3,20-17(22)25)13-4-6-14(19)7-5-13/h4-7,11-12H,8-10H2,1-3H3,(H,20,25). The van der Waals surface area contributed by atoms with E-state index in [1.807, 2.05) is 13.8 Å². The number of nitrogens with one attached hydrogen (secondary N) is 1. The average molecular weight is 380 g/mol. The zero-order valence-electron chi connectivity index (χ0n) is 15.0. The number of carbonyl (C=O) groups is 3. The van der Waals surface area contributed by atoms with Gasteiger partial charge in [0.1, 0.15) is 12.1 Å². The van der Waals surface area contributed by atoms with Crippen molar-refractivity contribution in [2.75, 3.05) is 19.6 Å². The maximum atomic E-state index is 12.9. The predicted molar refractivity (Wildman–Crippen MR) is 95.6 cm³/mol. The first-order chi connectivity index (χ1) is 12.2. The Labute approximate surface area is 157 Å². The fourth-order valence-electron chi connectivity index (χ4n) is 3.44. The molecule has 1 aromatic rings. The summed E-state index contributed by atoms with van der Waals surface area (Å²) >= 11 is 5.89. The monoisotopic (exact) mass is 379 g/mol. The van der Waals surface area contributed by atoms with Crippen molar-refractivity contribution in [2.24, 2.45) is 0 Å². The maximum absolute atomic E-state index is 12.9. The Morgan fingerprint density at radius 2 is 1.81 bits per heavy atom. The molecule has 0 bridgehead atoms. The number of ether oxygens (including phenoxy) is 1. The van der Waals surface area contributed by atoms with Gasteiger partial charge in [-0.3, -0.25) is 14.5 Å². The van der Waals surface area contributed by atoms with Gasteiger partial charge in [0.25, 0.3) is 5.91 Å². The molecule has 0 spiro atoms. The van der Waals surface area contributed by atoms with Crippen molar-refractivity contribution in [3.63, 3.8) is 0 Å². The van der Waals surface area contributed by atoms with Crippen LogP contribution in [0, 0.1) is 0 Å². The van der Waals surface area contributed by atoms with Crippen molar-refractivity contribution in [2.45, 2.75) is 38.5 Å². The molecule has 2 aliphatic rings. The Kier molecular flexibility index (Phi) is 4.94. The molecule has 140 valence electrons. The van der Waals surface area contributed by atoms with Gasteiger partial charge in [-0.05, 0) is 38.5 Å². The summed E-state index contributed by atoms with van der Waals surface area (Å²) in [6.45, 7) is 6.01. The summed E-state index contributed by atoms with van der Waals surface area (Å²) < 4.78 is 5.61. The number of benzene rings is 1. The average Bonchev–Trinajstić information content (AvgIpc) is 2.78. The Bertz CT molecular complexity index is 728. The third kappa shape index (κ3) is 3.41. The number of carbonyl (C=O) groups excluding carboxylic acids is 3. The number of rotatable bonds is 3. The minimum absolute atomic E-state index is 0.0786. The van der Waals surface area contributed by atoms with E-state index in [2.05, 4.69) is 5.32 Å². The molecule has 0 aliphatic carbocycles. The lowest BCUT2D eigenvalue weighted by molar-refractivity contribution is -0.146. The molecular weight excluding hydrogens is 358 g/mol. The summed E-state index contributed by atoms with van der Waals surface area (Å²) in [6, 6.07) is 6.13. The summed E-state index contributed by atoms with van der Waals surface area (Å²) in [6.07, 6.45) is -0.157. The molecule has 8 heteroatoms. The number of nitrogens with zero attached hydrogens (tertiary/aromatic N) is 2. The van der Waals surface area contributed by atoms with Crippen molar-refractivity contribution in [3.8, 4) is 0 Å². The largest absolute Gasteiger partial charge is 0.372 e. The van der Waals surface area contributed by atoms with Gasteiger partial charge in [-0.2, -0.15) is 0 Å². The van der Waals surface area contributed by atoms with Crippen LogP contribution in [0.25, 0.3) is 0 Å². The summed E-state index contributed by atoms with van der Waals surface area (Å²) in [4.78, 5) is 40.5. The van der Waals surface area contributed by atoms with E-state index in [1.54, 1.807) is 36.1 Å². The van der Waals surface area contributed by atoms with E-state index in [1.165, 1.54) is 0 Å². The molecule has 3 rings (SSSR count). The lowest BCUT2D eigenvalue weighted by atomic mass is 9.92. The van der Waals surface area contributed by atoms with Crippen molar-refractivity contribution in [3.05, 3.63) is 34.9 Å². The number of hydrogen-bond acceptors (Lipinski definition) is 4. The van der Waals surface area contributed by atoms with E-state index in [4.69, 9.17) is 16.3 Å². The fraction of sp³-hybridized carbons (Fsp3) is 0.500. The van der Waals surface area contributed by atoms with Gasteiger partial charge in [-0.25, -0.2) is 4.79 Å². The van der Waals surface area contributed by atoms with Crippen LogP contribution in [-0.2, 0) is 19.9 Å². The molecule has 7 nitrogen and oxygen atoms in total. The molecule has 2 fully saturated rings. The number of hydrogen-bond donors (Lipinski definition) is 1. The minimum atomic E-state index is -1.21. The zero-order valence-corrected chi connectivity index (χ0v) is 15.7. The number of imide groups is 1. The molecular formula is C18H22ClN3O4. The van der Waals surface area contributed by atoms with Gasteiger partial charge in [-0.15, -0.1) is 0 Å². The van der Waals surface area contributed by atoms with Gasteiger partial charge in [0.15, 0.2) is 0 Å². The van der Waals surface area contributed by atoms with E-state index >= 15 is 0 Å². The van der Waals surface area contributed by atoms with Crippen molar-refractivity contribution in [1.82, 2.24) is 15.1 Å². The van der Waals surface area contributed by atoms with E-state index in [0.717, 1.165) is 4.90 Å². The van der Waals surface area contributed by atoms with Crippen molar-refractivity contribution in [1.29, 1.82) is 0 Å². The highest BCUT2D eigenvalue weighted by Crippen LogP contribution is 2.29. The van der Waals surface area contributed by atoms with Crippen LogP contribution in [0.15, 0.2) is 24.3 Å². The van der Waals surface area contributed by atoms with Crippen LogP contribution in [0.2, 0.25) is 5.02 Å². The number of urea groups is 1. The summed E-state index contributed by atoms with van der Waals surface area (Å²) in [5.41, 5.74) is -0.600. The highest BCUT2D eigenvalue weighted by Gasteiger charge is 2.49. The molecule has 3 atom stereocenters. The Morgan fingerprint density at radius 3 is 2.38 bits per heavy atom. The topological polar surface area (TPSA) is 79.0 Å². The third-order valence-electron chi connectivity index (χ3n) is 4.76. The van der Waals surface area contributed by atoms with Crippen molar-refractivity contribution >= 4 is 29.4 Å². The second-order valence-electron chi connectivity index (χ2n) is 7.01. The molecule has 4 amide bonds. The van der Waals surface area contributed by atoms with Crippen LogP contribution in [0.5, 0.6) is 0 Å². The normalized spacial score (nSPS) is 29.1. The van der Waals surface area contributed by atoms with Gasteiger partial charge < -0.3 is 15.0 Å². The summed E-state index contributed by atoms with van der Waals surface area (Å²) in [5, 5.41) is 3.23. The van der Waals surface area contributed by atoms with Gasteiger partial charge in [-0.1, -0.05) is 23.7 Å².